The summed E-state index contributed by atoms with van der Waals surface area (Å²) in [4.78, 5) is 4.01. The maximum atomic E-state index is 4.01. The van der Waals surface area contributed by atoms with Crippen LogP contribution in [0.1, 0.15) is 53.0 Å². The zero-order valence-electron chi connectivity index (χ0n) is 9.33. The van der Waals surface area contributed by atoms with Gasteiger partial charge in [0.05, 0.1) is 6.33 Å². The van der Waals surface area contributed by atoms with Crippen LogP contribution in [0.15, 0.2) is 18.7 Å². The number of imidazole rings is 1. The molecule has 13 heavy (non-hydrogen) atoms. The number of rotatable bonds is 4. The third-order valence-corrected chi connectivity index (χ3v) is 2.01. The quantitative estimate of drug-likeness (QED) is 0.695. The van der Waals surface area contributed by atoms with Crippen molar-refractivity contribution >= 4 is 0 Å². The Labute approximate surface area is 82.0 Å². The molecule has 0 fully saturated rings. The average Bonchev–Trinajstić information content (AvgIpc) is 2.70. The van der Waals surface area contributed by atoms with Crippen LogP contribution in [0.5, 0.6) is 0 Å². The van der Waals surface area contributed by atoms with Gasteiger partial charge in [-0.1, -0.05) is 33.6 Å². The number of nitrogens with zero attached hydrogens (tertiary/aromatic N) is 2. The van der Waals surface area contributed by atoms with Crippen molar-refractivity contribution < 1.29 is 0 Å². The summed E-state index contributed by atoms with van der Waals surface area (Å²) in [6, 6.07) is 0.609. The van der Waals surface area contributed by atoms with Crippen molar-refractivity contribution in [3.63, 3.8) is 0 Å². The fourth-order valence-corrected chi connectivity index (χ4v) is 1.18. The smallest absolute Gasteiger partial charge is 0.0948 e. The maximum Gasteiger partial charge on any atom is 0.0948 e. The molecule has 0 saturated carbocycles. The van der Waals surface area contributed by atoms with E-state index in [-0.39, 0.29) is 0 Å². The predicted octanol–water partition coefficient (Wildman–Crippen LogP) is 3.66. The van der Waals surface area contributed by atoms with Crippen LogP contribution >= 0.6 is 0 Å². The van der Waals surface area contributed by atoms with Crippen molar-refractivity contribution in [3.05, 3.63) is 18.7 Å². The van der Waals surface area contributed by atoms with Gasteiger partial charge in [-0.25, -0.2) is 4.98 Å². The molecular weight excluding hydrogens is 160 g/mol. The Morgan fingerprint density at radius 2 is 2.08 bits per heavy atom. The topological polar surface area (TPSA) is 17.8 Å². The van der Waals surface area contributed by atoms with Crippen LogP contribution in [0.4, 0.5) is 0 Å². The van der Waals surface area contributed by atoms with Gasteiger partial charge in [0.2, 0.25) is 0 Å². The highest BCUT2D eigenvalue weighted by Gasteiger charge is 2.00. The van der Waals surface area contributed by atoms with E-state index in [9.17, 15) is 0 Å². The molecule has 1 aromatic rings. The van der Waals surface area contributed by atoms with E-state index < -0.39 is 0 Å². The van der Waals surface area contributed by atoms with Gasteiger partial charge in [0.1, 0.15) is 0 Å². The van der Waals surface area contributed by atoms with E-state index >= 15 is 0 Å². The third kappa shape index (κ3) is 4.71. The number of unbranched alkanes of at least 4 members (excludes halogenated alkanes) is 1. The van der Waals surface area contributed by atoms with Crippen molar-refractivity contribution in [1.29, 1.82) is 0 Å². The molecule has 1 unspecified atom stereocenters. The van der Waals surface area contributed by atoms with Gasteiger partial charge < -0.3 is 4.57 Å². The molecule has 0 saturated heterocycles. The summed E-state index contributed by atoms with van der Waals surface area (Å²) in [7, 11) is 0. The van der Waals surface area contributed by atoms with Crippen LogP contribution in [-0.4, -0.2) is 9.55 Å². The van der Waals surface area contributed by atoms with E-state index in [0.717, 1.165) is 0 Å². The lowest BCUT2D eigenvalue weighted by Crippen LogP contribution is -2.01. The van der Waals surface area contributed by atoms with Gasteiger partial charge in [-0.05, 0) is 13.3 Å². The van der Waals surface area contributed by atoms with Gasteiger partial charge in [-0.15, -0.1) is 0 Å². The minimum Gasteiger partial charge on any atom is -0.335 e. The molecule has 0 N–H and O–H groups in total. The Morgan fingerprint density at radius 1 is 1.38 bits per heavy atom. The summed E-state index contributed by atoms with van der Waals surface area (Å²) in [5.41, 5.74) is 0. The lowest BCUT2D eigenvalue weighted by molar-refractivity contribution is 0.485. The molecule has 0 aliphatic rings. The Morgan fingerprint density at radius 3 is 2.54 bits per heavy atom. The van der Waals surface area contributed by atoms with Crippen molar-refractivity contribution in [1.82, 2.24) is 9.55 Å². The van der Waals surface area contributed by atoms with Gasteiger partial charge >= 0.3 is 0 Å². The van der Waals surface area contributed by atoms with Gasteiger partial charge in [-0.3, -0.25) is 0 Å². The van der Waals surface area contributed by atoms with Crippen molar-refractivity contribution in [2.45, 2.75) is 53.0 Å². The van der Waals surface area contributed by atoms with E-state index in [0.29, 0.717) is 6.04 Å². The van der Waals surface area contributed by atoms with Gasteiger partial charge in [0.25, 0.3) is 0 Å². The molecule has 0 spiro atoms. The van der Waals surface area contributed by atoms with Crippen molar-refractivity contribution in [2.75, 3.05) is 0 Å². The van der Waals surface area contributed by atoms with Crippen LogP contribution in [-0.2, 0) is 0 Å². The highest BCUT2D eigenvalue weighted by atomic mass is 15.0. The first-order chi connectivity index (χ1) is 6.34. The Balaban J connectivity index is 0.000000671. The zero-order chi connectivity index (χ0) is 10.1. The fourth-order valence-electron chi connectivity index (χ4n) is 1.18. The van der Waals surface area contributed by atoms with E-state index in [1.165, 1.54) is 19.3 Å². The molecule has 1 rings (SSSR count). The molecule has 1 heterocycles. The van der Waals surface area contributed by atoms with Gasteiger partial charge in [0.15, 0.2) is 0 Å². The number of aromatic nitrogens is 2. The first-order valence-corrected chi connectivity index (χ1v) is 5.32. The third-order valence-electron chi connectivity index (χ3n) is 2.01. The molecular formula is C11H22N2. The Bertz CT molecular complexity index is 180. The minimum absolute atomic E-state index is 0.609. The summed E-state index contributed by atoms with van der Waals surface area (Å²) < 4.78 is 2.16. The second kappa shape index (κ2) is 7.84. The maximum absolute atomic E-state index is 4.01. The van der Waals surface area contributed by atoms with Gasteiger partial charge in [0, 0.05) is 18.4 Å². The van der Waals surface area contributed by atoms with Crippen LogP contribution < -0.4 is 0 Å². The fraction of sp³-hybridized carbons (Fsp3) is 0.727. The van der Waals surface area contributed by atoms with Crippen LogP contribution in [0.25, 0.3) is 0 Å². The van der Waals surface area contributed by atoms with E-state index in [2.05, 4.69) is 23.4 Å². The van der Waals surface area contributed by atoms with Crippen molar-refractivity contribution in [3.8, 4) is 0 Å². The molecule has 0 radical (unpaired) electrons. The first-order valence-electron chi connectivity index (χ1n) is 5.32. The molecule has 1 aromatic heterocycles. The SMILES string of the molecule is CC.CCCCC(C)n1ccnc1. The molecule has 0 amide bonds. The Kier molecular flexibility index (Phi) is 7.36. The highest BCUT2D eigenvalue weighted by molar-refractivity contribution is 4.78. The van der Waals surface area contributed by atoms with Crippen molar-refractivity contribution in [2.24, 2.45) is 0 Å². The lowest BCUT2D eigenvalue weighted by atomic mass is 10.1. The summed E-state index contributed by atoms with van der Waals surface area (Å²) in [6.45, 7) is 8.46. The standard InChI is InChI=1S/C9H16N2.C2H6/c1-3-4-5-9(2)11-7-6-10-8-11;1-2/h6-9H,3-5H2,1-2H3;1-2H3. The second-order valence-corrected chi connectivity index (χ2v) is 3.00. The molecule has 76 valence electrons. The summed E-state index contributed by atoms with van der Waals surface area (Å²) >= 11 is 0. The monoisotopic (exact) mass is 182 g/mol. The zero-order valence-corrected chi connectivity index (χ0v) is 9.33. The normalized spacial score (nSPS) is 11.7. The molecule has 0 aliphatic heterocycles. The summed E-state index contributed by atoms with van der Waals surface area (Å²) in [5, 5.41) is 0. The largest absolute Gasteiger partial charge is 0.335 e. The number of hydrogen-bond acceptors (Lipinski definition) is 1. The van der Waals surface area contributed by atoms with Crippen LogP contribution in [0, 0.1) is 0 Å². The van der Waals surface area contributed by atoms with Crippen LogP contribution in [0.3, 0.4) is 0 Å². The molecule has 0 aliphatic carbocycles. The summed E-state index contributed by atoms with van der Waals surface area (Å²) in [6.07, 6.45) is 9.59. The molecule has 2 heteroatoms. The molecule has 1 atom stereocenters. The lowest BCUT2D eigenvalue weighted by Gasteiger charge is -2.11. The highest BCUT2D eigenvalue weighted by Crippen LogP contribution is 2.12. The molecule has 2 nitrogen and oxygen atoms in total. The van der Waals surface area contributed by atoms with Crippen LogP contribution in [0.2, 0.25) is 0 Å². The summed E-state index contributed by atoms with van der Waals surface area (Å²) in [5.74, 6) is 0. The second-order valence-electron chi connectivity index (χ2n) is 3.00. The molecule has 0 bridgehead atoms. The Hall–Kier alpha value is -0.790. The number of hydrogen-bond donors (Lipinski definition) is 0. The van der Waals surface area contributed by atoms with E-state index in [1.54, 1.807) is 0 Å². The van der Waals surface area contributed by atoms with E-state index in [4.69, 9.17) is 0 Å². The predicted molar refractivity (Wildman–Crippen MR) is 57.8 cm³/mol. The van der Waals surface area contributed by atoms with E-state index in [1.807, 2.05) is 32.6 Å². The minimum atomic E-state index is 0.609. The average molecular weight is 182 g/mol. The van der Waals surface area contributed by atoms with Gasteiger partial charge in [-0.2, -0.15) is 0 Å². The molecule has 0 aromatic carbocycles. The first kappa shape index (κ1) is 12.2.